The second-order valence-electron chi connectivity index (χ2n) is 5.92. The van der Waals surface area contributed by atoms with Crippen LogP contribution in [0.1, 0.15) is 22.3 Å². The van der Waals surface area contributed by atoms with E-state index in [4.69, 9.17) is 23.2 Å². The maximum Gasteiger partial charge on any atom is 0.265 e. The molecule has 0 aromatic heterocycles. The SMILES string of the molecule is Cc1cccc(C(=O)NN[C@H]2CC(=O)N(c3cc(Cl)cc(Cl)c3)C2=O)c1. The molecule has 8 heteroatoms. The normalized spacial score (nSPS) is 16.9. The predicted octanol–water partition coefficient (Wildman–Crippen LogP) is 2.87. The van der Waals surface area contributed by atoms with Gasteiger partial charge in [-0.3, -0.25) is 19.8 Å². The predicted molar refractivity (Wildman–Crippen MR) is 99.1 cm³/mol. The van der Waals surface area contributed by atoms with Gasteiger partial charge in [-0.15, -0.1) is 0 Å². The molecular weight excluding hydrogens is 377 g/mol. The Hall–Kier alpha value is -2.41. The van der Waals surface area contributed by atoms with Gasteiger partial charge in [0, 0.05) is 15.6 Å². The van der Waals surface area contributed by atoms with E-state index in [-0.39, 0.29) is 6.42 Å². The topological polar surface area (TPSA) is 78.5 Å². The van der Waals surface area contributed by atoms with Crippen molar-refractivity contribution in [2.75, 3.05) is 4.90 Å². The first kappa shape index (κ1) is 18.4. The van der Waals surface area contributed by atoms with Crippen molar-refractivity contribution in [1.82, 2.24) is 10.9 Å². The Morgan fingerprint density at radius 2 is 1.81 bits per heavy atom. The van der Waals surface area contributed by atoms with Crippen LogP contribution in [0, 0.1) is 6.92 Å². The average Bonchev–Trinajstić information content (AvgIpc) is 2.85. The van der Waals surface area contributed by atoms with E-state index in [1.165, 1.54) is 18.2 Å². The van der Waals surface area contributed by atoms with Crippen molar-refractivity contribution >= 4 is 46.6 Å². The highest BCUT2D eigenvalue weighted by molar-refractivity contribution is 6.35. The van der Waals surface area contributed by atoms with Crippen LogP contribution in [-0.4, -0.2) is 23.8 Å². The highest BCUT2D eigenvalue weighted by Crippen LogP contribution is 2.29. The summed E-state index contributed by atoms with van der Waals surface area (Å²) >= 11 is 11.9. The van der Waals surface area contributed by atoms with E-state index in [1.807, 2.05) is 13.0 Å². The Balaban J connectivity index is 1.70. The summed E-state index contributed by atoms with van der Waals surface area (Å²) in [6, 6.07) is 10.6. The molecule has 26 heavy (non-hydrogen) atoms. The molecule has 0 saturated carbocycles. The van der Waals surface area contributed by atoms with Crippen molar-refractivity contribution < 1.29 is 14.4 Å². The van der Waals surface area contributed by atoms with Gasteiger partial charge in [-0.25, -0.2) is 10.3 Å². The molecule has 0 unspecified atom stereocenters. The van der Waals surface area contributed by atoms with Gasteiger partial charge in [0.25, 0.3) is 11.8 Å². The van der Waals surface area contributed by atoms with Gasteiger partial charge >= 0.3 is 0 Å². The zero-order valence-electron chi connectivity index (χ0n) is 13.8. The fourth-order valence-corrected chi connectivity index (χ4v) is 3.21. The lowest BCUT2D eigenvalue weighted by Gasteiger charge is -2.16. The molecule has 1 aliphatic rings. The Morgan fingerprint density at radius 1 is 1.12 bits per heavy atom. The van der Waals surface area contributed by atoms with Gasteiger partial charge in [0.15, 0.2) is 0 Å². The number of hydrogen-bond acceptors (Lipinski definition) is 4. The number of nitrogens with one attached hydrogen (secondary N) is 2. The van der Waals surface area contributed by atoms with E-state index < -0.39 is 23.8 Å². The lowest BCUT2D eigenvalue weighted by atomic mass is 10.1. The van der Waals surface area contributed by atoms with E-state index in [2.05, 4.69) is 10.9 Å². The number of amides is 3. The fourth-order valence-electron chi connectivity index (χ4n) is 2.70. The molecule has 0 aliphatic carbocycles. The summed E-state index contributed by atoms with van der Waals surface area (Å²) in [7, 11) is 0. The number of anilines is 1. The number of aryl methyl sites for hydroxylation is 1. The molecule has 3 rings (SSSR count). The van der Waals surface area contributed by atoms with Gasteiger partial charge in [0.2, 0.25) is 5.91 Å². The molecule has 2 aromatic rings. The highest BCUT2D eigenvalue weighted by atomic mass is 35.5. The van der Waals surface area contributed by atoms with Crippen LogP contribution < -0.4 is 15.8 Å². The number of benzene rings is 2. The molecule has 1 fully saturated rings. The van der Waals surface area contributed by atoms with Gasteiger partial charge in [0.05, 0.1) is 12.1 Å². The summed E-state index contributed by atoms with van der Waals surface area (Å²) in [4.78, 5) is 38.0. The van der Waals surface area contributed by atoms with Crippen LogP contribution in [-0.2, 0) is 9.59 Å². The Kier molecular flexibility index (Phi) is 5.27. The number of rotatable bonds is 4. The number of nitrogens with zero attached hydrogens (tertiary/aromatic N) is 1. The van der Waals surface area contributed by atoms with Gasteiger partial charge in [-0.2, -0.15) is 0 Å². The Labute approximate surface area is 160 Å². The summed E-state index contributed by atoms with van der Waals surface area (Å²) in [6.07, 6.45) is -0.0862. The number of imide groups is 1. The third kappa shape index (κ3) is 3.88. The van der Waals surface area contributed by atoms with Crippen molar-refractivity contribution in [3.8, 4) is 0 Å². The smallest absolute Gasteiger partial charge is 0.265 e. The first-order valence-corrected chi connectivity index (χ1v) is 8.56. The zero-order chi connectivity index (χ0) is 18.8. The lowest BCUT2D eigenvalue weighted by Crippen LogP contribution is -2.48. The second kappa shape index (κ2) is 7.45. The average molecular weight is 392 g/mol. The summed E-state index contributed by atoms with van der Waals surface area (Å²) in [6.45, 7) is 1.87. The van der Waals surface area contributed by atoms with Crippen LogP contribution in [0.4, 0.5) is 5.69 Å². The number of carbonyl (C=O) groups excluding carboxylic acids is 3. The van der Waals surface area contributed by atoms with Crippen LogP contribution in [0.5, 0.6) is 0 Å². The molecule has 1 saturated heterocycles. The molecule has 3 amide bonds. The van der Waals surface area contributed by atoms with Gasteiger partial charge in [-0.1, -0.05) is 40.9 Å². The third-order valence-electron chi connectivity index (χ3n) is 3.89. The van der Waals surface area contributed by atoms with Crippen LogP contribution in [0.15, 0.2) is 42.5 Å². The number of hydrazine groups is 1. The summed E-state index contributed by atoms with van der Waals surface area (Å²) in [5, 5.41) is 0.634. The van der Waals surface area contributed by atoms with Crippen molar-refractivity contribution in [1.29, 1.82) is 0 Å². The third-order valence-corrected chi connectivity index (χ3v) is 4.33. The van der Waals surface area contributed by atoms with E-state index in [9.17, 15) is 14.4 Å². The molecule has 1 aliphatic heterocycles. The summed E-state index contributed by atoms with van der Waals surface area (Å²) in [5.41, 5.74) is 6.79. The Bertz CT molecular complexity index is 881. The largest absolute Gasteiger partial charge is 0.287 e. The number of carbonyl (C=O) groups is 3. The minimum absolute atomic E-state index is 0.0862. The molecule has 0 radical (unpaired) electrons. The van der Waals surface area contributed by atoms with Gasteiger partial charge in [-0.05, 0) is 37.3 Å². The molecule has 1 heterocycles. The first-order valence-electron chi connectivity index (χ1n) is 7.80. The molecule has 2 aromatic carbocycles. The minimum atomic E-state index is -0.867. The van der Waals surface area contributed by atoms with Gasteiger partial charge < -0.3 is 0 Å². The van der Waals surface area contributed by atoms with Crippen LogP contribution in [0.2, 0.25) is 10.0 Å². The molecule has 0 spiro atoms. The van der Waals surface area contributed by atoms with Crippen molar-refractivity contribution in [2.45, 2.75) is 19.4 Å². The second-order valence-corrected chi connectivity index (χ2v) is 6.79. The summed E-state index contributed by atoms with van der Waals surface area (Å²) < 4.78 is 0. The molecule has 1 atom stereocenters. The maximum atomic E-state index is 12.5. The quantitative estimate of drug-likeness (QED) is 0.620. The Morgan fingerprint density at radius 3 is 2.46 bits per heavy atom. The van der Waals surface area contributed by atoms with E-state index in [1.54, 1.807) is 18.2 Å². The molecular formula is C18H15Cl2N3O3. The number of hydrogen-bond donors (Lipinski definition) is 2. The zero-order valence-corrected chi connectivity index (χ0v) is 15.3. The molecule has 0 bridgehead atoms. The highest BCUT2D eigenvalue weighted by Gasteiger charge is 2.40. The van der Waals surface area contributed by atoms with Crippen LogP contribution in [0.25, 0.3) is 0 Å². The fraction of sp³-hybridized carbons (Fsp3) is 0.167. The summed E-state index contributed by atoms with van der Waals surface area (Å²) in [5.74, 6) is -1.29. The van der Waals surface area contributed by atoms with Gasteiger partial charge in [0.1, 0.15) is 6.04 Å². The molecule has 2 N–H and O–H groups in total. The standard InChI is InChI=1S/C18H15Cl2N3O3/c1-10-3-2-4-11(5-10)17(25)22-21-15-9-16(24)23(18(15)26)14-7-12(19)6-13(20)8-14/h2-8,15,21H,9H2,1H3,(H,22,25)/t15-/m0/s1. The van der Waals surface area contributed by atoms with E-state index in [0.29, 0.717) is 21.3 Å². The molecule has 134 valence electrons. The minimum Gasteiger partial charge on any atom is -0.287 e. The van der Waals surface area contributed by atoms with Crippen molar-refractivity contribution in [3.05, 3.63) is 63.6 Å². The van der Waals surface area contributed by atoms with E-state index in [0.717, 1.165) is 10.5 Å². The van der Waals surface area contributed by atoms with Crippen LogP contribution >= 0.6 is 23.2 Å². The van der Waals surface area contributed by atoms with Crippen molar-refractivity contribution in [2.24, 2.45) is 0 Å². The molecule has 6 nitrogen and oxygen atoms in total. The number of halogens is 2. The van der Waals surface area contributed by atoms with E-state index >= 15 is 0 Å². The monoisotopic (exact) mass is 391 g/mol. The maximum absolute atomic E-state index is 12.5. The first-order chi connectivity index (χ1) is 12.3. The lowest BCUT2D eigenvalue weighted by molar-refractivity contribution is -0.121. The van der Waals surface area contributed by atoms with Crippen molar-refractivity contribution in [3.63, 3.8) is 0 Å². The van der Waals surface area contributed by atoms with Crippen LogP contribution in [0.3, 0.4) is 0 Å².